The van der Waals surface area contributed by atoms with E-state index >= 15 is 0 Å². The summed E-state index contributed by atoms with van der Waals surface area (Å²) in [6.07, 6.45) is 10.8. The zero-order valence-electron chi connectivity index (χ0n) is 17.7. The number of hydrogen-bond donors (Lipinski definition) is 1. The van der Waals surface area contributed by atoms with Crippen molar-refractivity contribution in [2.75, 3.05) is 13.1 Å². The Morgan fingerprint density at radius 3 is 2.71 bits per heavy atom. The van der Waals surface area contributed by atoms with E-state index in [9.17, 15) is 14.7 Å². The second-order valence-electron chi connectivity index (χ2n) is 9.67. The summed E-state index contributed by atoms with van der Waals surface area (Å²) in [4.78, 5) is 26.5. The van der Waals surface area contributed by atoms with E-state index in [1.54, 1.807) is 0 Å². The Morgan fingerprint density at radius 1 is 1.36 bits per heavy atom. The predicted octanol–water partition coefficient (Wildman–Crippen LogP) is 3.96. The van der Waals surface area contributed by atoms with Crippen LogP contribution in [0.2, 0.25) is 0 Å². The lowest BCUT2D eigenvalue weighted by Crippen LogP contribution is -2.40. The molecule has 0 unspecified atom stereocenters. The number of aliphatic carboxylic acids is 1. The third-order valence-corrected chi connectivity index (χ3v) is 6.18. The van der Waals surface area contributed by atoms with E-state index in [2.05, 4.69) is 46.8 Å². The number of allylic oxidation sites excluding steroid dienone is 4. The molecule has 2 bridgehead atoms. The molecule has 0 aromatic carbocycles. The van der Waals surface area contributed by atoms with E-state index in [0.29, 0.717) is 13.1 Å². The molecule has 3 rings (SSSR count). The standard InChI is InChI=1S/C23H33NO4/c1-15(2)7-6-8-16(3)9-11-22(4,5)13-24-14-23-12-10-17(28-23)18(21(26)27)19(23)20(24)25/h7,9-10,12,17-19H,6,8,11,13-14H2,1-5H3,(H,26,27)/b16-9-/t17-,18+,19-,23+/m1/s1. The van der Waals surface area contributed by atoms with Crippen LogP contribution in [0.1, 0.15) is 53.9 Å². The summed E-state index contributed by atoms with van der Waals surface area (Å²) in [5.41, 5.74) is 1.89. The summed E-state index contributed by atoms with van der Waals surface area (Å²) in [5.74, 6) is -2.36. The Labute approximate surface area is 168 Å². The fourth-order valence-electron chi connectivity index (χ4n) is 4.72. The number of carboxylic acids is 1. The average molecular weight is 388 g/mol. The molecule has 3 heterocycles. The molecule has 0 saturated carbocycles. The first-order valence-corrected chi connectivity index (χ1v) is 10.2. The molecular formula is C23H33NO4. The maximum atomic E-state index is 13.0. The minimum atomic E-state index is -0.939. The van der Waals surface area contributed by atoms with Gasteiger partial charge in [-0.2, -0.15) is 0 Å². The van der Waals surface area contributed by atoms with Crippen molar-refractivity contribution in [2.45, 2.75) is 65.6 Å². The molecule has 0 aliphatic carbocycles. The van der Waals surface area contributed by atoms with Gasteiger partial charge in [0.05, 0.1) is 18.6 Å². The Hall–Kier alpha value is -1.88. The third-order valence-electron chi connectivity index (χ3n) is 6.18. The van der Waals surface area contributed by atoms with Crippen molar-refractivity contribution in [3.8, 4) is 0 Å². The summed E-state index contributed by atoms with van der Waals surface area (Å²) >= 11 is 0. The molecule has 5 heteroatoms. The van der Waals surface area contributed by atoms with Crippen molar-refractivity contribution in [1.29, 1.82) is 0 Å². The lowest BCUT2D eigenvalue weighted by Gasteiger charge is -2.31. The van der Waals surface area contributed by atoms with E-state index in [0.717, 1.165) is 19.3 Å². The molecule has 1 N–H and O–H groups in total. The molecule has 4 atom stereocenters. The molecule has 154 valence electrons. The first-order chi connectivity index (χ1) is 13.0. The highest BCUT2D eigenvalue weighted by Crippen LogP contribution is 2.52. The number of carbonyl (C=O) groups is 2. The number of fused-ring (bicyclic) bond motifs is 1. The Balaban J connectivity index is 1.62. The molecular weight excluding hydrogens is 354 g/mol. The van der Waals surface area contributed by atoms with Crippen LogP contribution in [0.3, 0.4) is 0 Å². The van der Waals surface area contributed by atoms with Crippen LogP contribution in [0, 0.1) is 17.3 Å². The van der Waals surface area contributed by atoms with Gasteiger partial charge in [0.25, 0.3) is 0 Å². The van der Waals surface area contributed by atoms with Crippen LogP contribution in [-0.2, 0) is 14.3 Å². The maximum absolute atomic E-state index is 13.0. The van der Waals surface area contributed by atoms with Gasteiger partial charge >= 0.3 is 5.97 Å². The number of hydrogen-bond acceptors (Lipinski definition) is 3. The van der Waals surface area contributed by atoms with Crippen LogP contribution < -0.4 is 0 Å². The second-order valence-corrected chi connectivity index (χ2v) is 9.67. The van der Waals surface area contributed by atoms with Crippen molar-refractivity contribution in [2.24, 2.45) is 17.3 Å². The molecule has 3 aliphatic rings. The second kappa shape index (κ2) is 7.51. The Kier molecular flexibility index (Phi) is 5.59. The molecule has 0 aromatic rings. The minimum absolute atomic E-state index is 0.0726. The van der Waals surface area contributed by atoms with E-state index in [-0.39, 0.29) is 11.3 Å². The fourth-order valence-corrected chi connectivity index (χ4v) is 4.72. The molecule has 0 radical (unpaired) electrons. The Bertz CT molecular complexity index is 744. The van der Waals surface area contributed by atoms with Crippen molar-refractivity contribution in [3.63, 3.8) is 0 Å². The number of ether oxygens (including phenoxy) is 1. The normalized spacial score (nSPS) is 31.5. The highest BCUT2D eigenvalue weighted by atomic mass is 16.5. The van der Waals surface area contributed by atoms with E-state index in [4.69, 9.17) is 4.74 Å². The maximum Gasteiger partial charge on any atom is 0.310 e. The zero-order valence-corrected chi connectivity index (χ0v) is 17.7. The molecule has 2 fully saturated rings. The minimum Gasteiger partial charge on any atom is -0.481 e. The van der Waals surface area contributed by atoms with Crippen LogP contribution in [0.4, 0.5) is 0 Å². The monoisotopic (exact) mass is 387 g/mol. The van der Waals surface area contributed by atoms with Crippen LogP contribution >= 0.6 is 0 Å². The van der Waals surface area contributed by atoms with E-state index in [1.807, 2.05) is 17.1 Å². The van der Waals surface area contributed by atoms with Gasteiger partial charge in [0, 0.05) is 6.54 Å². The number of carbonyl (C=O) groups excluding carboxylic acids is 1. The summed E-state index contributed by atoms with van der Waals surface area (Å²) in [6, 6.07) is 0. The smallest absolute Gasteiger partial charge is 0.310 e. The molecule has 0 aromatic heterocycles. The van der Waals surface area contributed by atoms with Gasteiger partial charge in [-0.25, -0.2) is 0 Å². The van der Waals surface area contributed by atoms with Gasteiger partial charge in [-0.1, -0.05) is 49.3 Å². The molecule has 5 nitrogen and oxygen atoms in total. The summed E-state index contributed by atoms with van der Waals surface area (Å²) in [5, 5.41) is 9.57. The van der Waals surface area contributed by atoms with Gasteiger partial charge in [0.1, 0.15) is 11.5 Å². The van der Waals surface area contributed by atoms with Crippen LogP contribution in [0.25, 0.3) is 0 Å². The number of amides is 1. The van der Waals surface area contributed by atoms with Gasteiger partial charge in [-0.05, 0) is 45.4 Å². The fraction of sp³-hybridized carbons (Fsp3) is 0.652. The molecule has 1 spiro atoms. The lowest BCUT2D eigenvalue weighted by atomic mass is 9.77. The van der Waals surface area contributed by atoms with Gasteiger partial charge in [0.15, 0.2) is 0 Å². The highest BCUT2D eigenvalue weighted by molar-refractivity contribution is 5.90. The highest BCUT2D eigenvalue weighted by Gasteiger charge is 2.67. The van der Waals surface area contributed by atoms with Gasteiger partial charge in [0.2, 0.25) is 5.91 Å². The molecule has 1 amide bonds. The van der Waals surface area contributed by atoms with E-state index < -0.39 is 29.5 Å². The van der Waals surface area contributed by atoms with E-state index in [1.165, 1.54) is 11.1 Å². The summed E-state index contributed by atoms with van der Waals surface area (Å²) in [7, 11) is 0. The van der Waals surface area contributed by atoms with Crippen LogP contribution in [-0.4, -0.2) is 46.7 Å². The van der Waals surface area contributed by atoms with Crippen molar-refractivity contribution < 1.29 is 19.4 Å². The topological polar surface area (TPSA) is 66.8 Å². The summed E-state index contributed by atoms with van der Waals surface area (Å²) in [6.45, 7) is 11.8. The number of likely N-dealkylation sites (tertiary alicyclic amines) is 1. The van der Waals surface area contributed by atoms with Gasteiger partial charge in [-0.3, -0.25) is 9.59 Å². The van der Waals surface area contributed by atoms with Crippen molar-refractivity contribution in [3.05, 3.63) is 35.5 Å². The Morgan fingerprint density at radius 2 is 2.07 bits per heavy atom. The van der Waals surface area contributed by atoms with Gasteiger partial charge in [-0.15, -0.1) is 0 Å². The average Bonchev–Trinajstić information content (AvgIpc) is 3.21. The van der Waals surface area contributed by atoms with Gasteiger partial charge < -0.3 is 14.7 Å². The molecule has 2 saturated heterocycles. The third kappa shape index (κ3) is 3.95. The SMILES string of the molecule is CC(C)=CCC/C(C)=C\CC(C)(C)CN1C[C@]23C=C[C@@H](O2)[C@H](C(=O)O)[C@@H]3C1=O. The number of nitrogens with zero attached hydrogens (tertiary/aromatic N) is 1. The largest absolute Gasteiger partial charge is 0.481 e. The summed E-state index contributed by atoms with van der Waals surface area (Å²) < 4.78 is 5.96. The number of rotatable bonds is 8. The first-order valence-electron chi connectivity index (χ1n) is 10.2. The van der Waals surface area contributed by atoms with Crippen LogP contribution in [0.5, 0.6) is 0 Å². The molecule has 3 aliphatic heterocycles. The molecule has 28 heavy (non-hydrogen) atoms. The number of carboxylic acid groups (broad SMARTS) is 1. The quantitative estimate of drug-likeness (QED) is 0.640. The van der Waals surface area contributed by atoms with Crippen molar-refractivity contribution >= 4 is 11.9 Å². The lowest BCUT2D eigenvalue weighted by molar-refractivity contribution is -0.148. The first kappa shape index (κ1) is 20.8. The van der Waals surface area contributed by atoms with Crippen molar-refractivity contribution in [1.82, 2.24) is 4.90 Å². The zero-order chi connectivity index (χ0) is 20.7. The van der Waals surface area contributed by atoms with Crippen LogP contribution in [0.15, 0.2) is 35.5 Å². The predicted molar refractivity (Wildman–Crippen MR) is 109 cm³/mol.